The van der Waals surface area contributed by atoms with E-state index in [9.17, 15) is 14.3 Å². The molecule has 0 saturated heterocycles. The van der Waals surface area contributed by atoms with Gasteiger partial charge in [0.1, 0.15) is 11.5 Å². The first kappa shape index (κ1) is 36.8. The number of phosphoric acid groups is 1. The zero-order valence-electron chi connectivity index (χ0n) is 25.7. The second-order valence-electron chi connectivity index (χ2n) is 11.0. The summed E-state index contributed by atoms with van der Waals surface area (Å²) in [7, 11) is -2.15. The molecule has 40 heavy (non-hydrogen) atoms. The minimum atomic E-state index is -4.13. The third-order valence-electron chi connectivity index (χ3n) is 7.24. The van der Waals surface area contributed by atoms with Gasteiger partial charge >= 0.3 is 7.82 Å². The first-order valence-electron chi connectivity index (χ1n) is 16.0. The van der Waals surface area contributed by atoms with E-state index in [2.05, 4.69) is 12.2 Å². The number of rotatable bonds is 28. The minimum absolute atomic E-state index is 0.000530. The van der Waals surface area contributed by atoms with Crippen LogP contribution in [0.3, 0.4) is 0 Å². The van der Waals surface area contributed by atoms with E-state index in [4.69, 9.17) is 13.8 Å². The van der Waals surface area contributed by atoms with Gasteiger partial charge in [-0.05, 0) is 49.3 Å². The molecule has 3 N–H and O–H groups in total. The van der Waals surface area contributed by atoms with Crippen LogP contribution < -0.4 is 10.1 Å². The molecule has 8 heteroatoms. The second-order valence-corrected chi connectivity index (χ2v) is 12.5. The summed E-state index contributed by atoms with van der Waals surface area (Å²) >= 11 is 0. The normalized spacial score (nSPS) is 13.7. The van der Waals surface area contributed by atoms with Crippen molar-refractivity contribution in [3.63, 3.8) is 0 Å². The van der Waals surface area contributed by atoms with Crippen LogP contribution in [-0.2, 0) is 24.8 Å². The molecule has 0 spiro atoms. The van der Waals surface area contributed by atoms with Gasteiger partial charge in [-0.25, -0.2) is 4.57 Å². The van der Waals surface area contributed by atoms with Crippen molar-refractivity contribution in [3.8, 4) is 5.75 Å². The first-order valence-corrected chi connectivity index (χ1v) is 17.5. The van der Waals surface area contributed by atoms with Crippen molar-refractivity contribution in [2.45, 2.75) is 123 Å². The molecule has 1 rings (SSSR count). The summed E-state index contributed by atoms with van der Waals surface area (Å²) in [6, 6.07) is 7.92. The highest BCUT2D eigenvalue weighted by Crippen LogP contribution is 2.44. The molecule has 1 aromatic rings. The number of quaternary nitrogens is 1. The molecule has 0 amide bonds. The molecule has 0 aromatic heterocycles. The van der Waals surface area contributed by atoms with Crippen LogP contribution in [-0.4, -0.2) is 44.1 Å². The Labute approximate surface area is 244 Å². The Bertz CT molecular complexity index is 788. The van der Waals surface area contributed by atoms with Crippen LogP contribution in [0.5, 0.6) is 5.75 Å². The van der Waals surface area contributed by atoms with E-state index >= 15 is 0 Å². The number of ketones is 1. The van der Waals surface area contributed by atoms with Gasteiger partial charge in [0, 0.05) is 12.8 Å². The molecule has 0 aliphatic carbocycles. The van der Waals surface area contributed by atoms with Crippen LogP contribution in [0, 0.1) is 5.92 Å². The van der Waals surface area contributed by atoms with E-state index in [-0.39, 0.29) is 24.9 Å². The Morgan fingerprint density at radius 3 is 1.98 bits per heavy atom. The van der Waals surface area contributed by atoms with Crippen LogP contribution in [0.25, 0.3) is 0 Å². The molecule has 1 aromatic carbocycles. The van der Waals surface area contributed by atoms with Crippen molar-refractivity contribution in [2.24, 2.45) is 5.92 Å². The van der Waals surface area contributed by atoms with Gasteiger partial charge in [0.25, 0.3) is 0 Å². The summed E-state index contributed by atoms with van der Waals surface area (Å²) in [5, 5.41) is 2.06. The van der Waals surface area contributed by atoms with Crippen molar-refractivity contribution in [3.05, 3.63) is 29.8 Å². The van der Waals surface area contributed by atoms with E-state index in [0.29, 0.717) is 25.7 Å². The second kappa shape index (κ2) is 24.4. The maximum atomic E-state index is 12.3. The Morgan fingerprint density at radius 1 is 0.825 bits per heavy atom. The highest BCUT2D eigenvalue weighted by atomic mass is 31.2. The molecule has 0 radical (unpaired) electrons. The fourth-order valence-electron chi connectivity index (χ4n) is 4.71. The number of ether oxygens (including phenoxy) is 1. The maximum Gasteiger partial charge on any atom is 0.472 e. The van der Waals surface area contributed by atoms with Crippen molar-refractivity contribution in [1.82, 2.24) is 0 Å². The molecule has 2 unspecified atom stereocenters. The maximum absolute atomic E-state index is 12.3. The van der Waals surface area contributed by atoms with Crippen molar-refractivity contribution >= 4 is 13.6 Å². The summed E-state index contributed by atoms with van der Waals surface area (Å²) in [5.41, 5.74) is 1.04. The summed E-state index contributed by atoms with van der Waals surface area (Å²) in [4.78, 5) is 22.2. The number of carbonyl (C=O) groups is 1. The van der Waals surface area contributed by atoms with Gasteiger partial charge in [-0.1, -0.05) is 96.6 Å². The average Bonchev–Trinajstić information content (AvgIpc) is 2.95. The predicted octanol–water partition coefficient (Wildman–Crippen LogP) is 7.40. The molecule has 0 saturated carbocycles. The number of hydrogen-bond donors (Lipinski definition) is 2. The van der Waals surface area contributed by atoms with Crippen LogP contribution >= 0.6 is 7.82 Å². The lowest BCUT2D eigenvalue weighted by Crippen LogP contribution is -2.79. The SMILES string of the molecule is CCCCCCCCCCCCCCOc1ccc(CC(COP(=O)(O)OCCCC[NH2+]C)CC(=O)CC)cc1. The quantitative estimate of drug-likeness (QED) is 0.0787. The fraction of sp³-hybridized carbons (Fsp3) is 0.781. The first-order chi connectivity index (χ1) is 19.4. The van der Waals surface area contributed by atoms with Gasteiger partial charge in [0.15, 0.2) is 0 Å². The fourth-order valence-corrected chi connectivity index (χ4v) is 5.55. The van der Waals surface area contributed by atoms with Gasteiger partial charge in [0.2, 0.25) is 0 Å². The monoisotopic (exact) mass is 584 g/mol. The highest BCUT2D eigenvalue weighted by molar-refractivity contribution is 7.47. The van der Waals surface area contributed by atoms with E-state index in [1.54, 1.807) is 0 Å². The number of unbranched alkanes of at least 4 members (excludes halogenated alkanes) is 12. The molecule has 0 fully saturated rings. The Hall–Kier alpha value is -1.24. The lowest BCUT2D eigenvalue weighted by atomic mass is 9.94. The van der Waals surface area contributed by atoms with Crippen LogP contribution in [0.4, 0.5) is 0 Å². The van der Waals surface area contributed by atoms with Gasteiger partial charge < -0.3 is 14.9 Å². The summed E-state index contributed by atoms with van der Waals surface area (Å²) in [6.07, 6.45) is 18.8. The molecular weight excluding hydrogens is 525 g/mol. The third kappa shape index (κ3) is 20.6. The van der Waals surface area contributed by atoms with Gasteiger partial charge in [-0.3, -0.25) is 13.8 Å². The van der Waals surface area contributed by atoms with E-state index < -0.39 is 7.82 Å². The van der Waals surface area contributed by atoms with Crippen LogP contribution in [0.15, 0.2) is 24.3 Å². The standard InChI is InChI=1S/C32H58NO6P/c1-4-6-7-8-9-10-11-12-13-14-15-17-24-37-32-21-19-29(20-22-32)26-30(27-31(34)5-2)28-39-40(35,36)38-25-18-16-23-33-3/h19-22,30,33H,4-18,23-28H2,1-3H3,(H,35,36)/p+1. The topological polar surface area (TPSA) is 98.7 Å². The van der Waals surface area contributed by atoms with E-state index in [1.165, 1.54) is 70.6 Å². The lowest BCUT2D eigenvalue weighted by molar-refractivity contribution is -0.627. The summed E-state index contributed by atoms with van der Waals surface area (Å²) in [6.45, 7) is 5.95. The number of phosphoric ester groups is 1. The summed E-state index contributed by atoms with van der Waals surface area (Å²) < 4.78 is 28.6. The minimum Gasteiger partial charge on any atom is -0.494 e. The zero-order chi connectivity index (χ0) is 29.3. The Morgan fingerprint density at radius 2 is 1.40 bits per heavy atom. The number of nitrogens with two attached hydrogens (primary N) is 1. The van der Waals surface area contributed by atoms with Gasteiger partial charge in [-0.2, -0.15) is 0 Å². The molecular formula is C32H59NO6P+. The molecule has 0 heterocycles. The van der Waals surface area contributed by atoms with Crippen molar-refractivity contribution < 1.29 is 33.4 Å². The number of carbonyl (C=O) groups excluding carboxylic acids is 1. The third-order valence-corrected chi connectivity index (χ3v) is 8.22. The largest absolute Gasteiger partial charge is 0.494 e. The smallest absolute Gasteiger partial charge is 0.472 e. The van der Waals surface area contributed by atoms with E-state index in [1.807, 2.05) is 38.2 Å². The summed E-state index contributed by atoms with van der Waals surface area (Å²) in [5.74, 6) is 0.762. The highest BCUT2D eigenvalue weighted by Gasteiger charge is 2.24. The van der Waals surface area contributed by atoms with Gasteiger partial charge in [-0.15, -0.1) is 0 Å². The van der Waals surface area contributed by atoms with Crippen molar-refractivity contribution in [1.29, 1.82) is 0 Å². The van der Waals surface area contributed by atoms with Crippen LogP contribution in [0.1, 0.15) is 122 Å². The molecule has 2 atom stereocenters. The molecule has 0 bridgehead atoms. The Balaban J connectivity index is 2.30. The molecule has 0 aliphatic heterocycles. The predicted molar refractivity (Wildman–Crippen MR) is 164 cm³/mol. The number of benzene rings is 1. The number of hydrogen-bond acceptors (Lipinski definition) is 5. The lowest BCUT2D eigenvalue weighted by Gasteiger charge is -2.19. The number of Topliss-reactive ketones (excluding diaryl/α,β-unsaturated/α-hetero) is 1. The zero-order valence-corrected chi connectivity index (χ0v) is 26.6. The average molecular weight is 585 g/mol. The molecule has 7 nitrogen and oxygen atoms in total. The molecule has 232 valence electrons. The molecule has 0 aliphatic rings. The van der Waals surface area contributed by atoms with Crippen molar-refractivity contribution in [2.75, 3.05) is 33.4 Å². The Kier molecular flexibility index (Phi) is 22.4. The van der Waals surface area contributed by atoms with Crippen LogP contribution in [0.2, 0.25) is 0 Å². The van der Waals surface area contributed by atoms with E-state index in [0.717, 1.165) is 37.3 Å². The van der Waals surface area contributed by atoms with Gasteiger partial charge in [0.05, 0.1) is 33.4 Å².